The zero-order valence-corrected chi connectivity index (χ0v) is 8.82. The Balaban J connectivity index is 2.30. The molecule has 0 saturated heterocycles. The van der Waals surface area contributed by atoms with Gasteiger partial charge in [-0.3, -0.25) is 4.79 Å². The first-order valence-electron chi connectivity index (χ1n) is 4.82. The summed E-state index contributed by atoms with van der Waals surface area (Å²) in [6, 6.07) is 7.42. The normalized spacial score (nSPS) is 9.93. The maximum Gasteiger partial charge on any atom is 0.222 e. The molecule has 0 saturated carbocycles. The highest BCUT2D eigenvalue weighted by molar-refractivity contribution is 5.75. The first-order valence-corrected chi connectivity index (χ1v) is 4.82. The minimum atomic E-state index is -0.00586. The van der Waals surface area contributed by atoms with E-state index in [9.17, 15) is 4.79 Å². The Labute approximate surface area is 89.4 Å². The predicted molar refractivity (Wildman–Crippen MR) is 59.2 cm³/mol. The van der Waals surface area contributed by atoms with Crippen LogP contribution in [0, 0.1) is 0 Å². The molecule has 15 heavy (non-hydrogen) atoms. The van der Waals surface area contributed by atoms with Crippen LogP contribution in [-0.2, 0) is 16.1 Å². The topological polar surface area (TPSA) is 64.3 Å². The molecule has 0 aliphatic heterocycles. The summed E-state index contributed by atoms with van der Waals surface area (Å²) in [6.07, 6.45) is 0.394. The Morgan fingerprint density at radius 3 is 2.67 bits per heavy atom. The summed E-state index contributed by atoms with van der Waals surface area (Å²) < 4.78 is 4.80. The van der Waals surface area contributed by atoms with E-state index < -0.39 is 0 Å². The van der Waals surface area contributed by atoms with Crippen LogP contribution in [-0.4, -0.2) is 19.6 Å². The highest BCUT2D eigenvalue weighted by atomic mass is 16.5. The lowest BCUT2D eigenvalue weighted by atomic mass is 10.2. The highest BCUT2D eigenvalue weighted by Gasteiger charge is 2.00. The largest absolute Gasteiger partial charge is 0.399 e. The molecule has 4 nitrogen and oxygen atoms in total. The molecule has 1 amide bonds. The molecule has 1 aromatic rings. The lowest BCUT2D eigenvalue weighted by Gasteiger charge is -2.05. The van der Waals surface area contributed by atoms with Gasteiger partial charge in [-0.05, 0) is 17.7 Å². The van der Waals surface area contributed by atoms with Gasteiger partial charge in [-0.25, -0.2) is 0 Å². The standard InChI is InChI=1S/C11H16N2O2/c1-15-7-6-11(14)13-8-9-2-4-10(12)5-3-9/h2-5H,6-8,12H2,1H3,(H,13,14). The second-order valence-electron chi connectivity index (χ2n) is 3.26. The molecule has 0 radical (unpaired) electrons. The lowest BCUT2D eigenvalue weighted by Crippen LogP contribution is -2.23. The summed E-state index contributed by atoms with van der Waals surface area (Å²) in [4.78, 5) is 11.2. The quantitative estimate of drug-likeness (QED) is 0.707. The van der Waals surface area contributed by atoms with Crippen molar-refractivity contribution in [2.45, 2.75) is 13.0 Å². The minimum Gasteiger partial charge on any atom is -0.399 e. The van der Waals surface area contributed by atoms with Crippen molar-refractivity contribution < 1.29 is 9.53 Å². The summed E-state index contributed by atoms with van der Waals surface area (Å²) in [5.74, 6) is -0.00586. The summed E-state index contributed by atoms with van der Waals surface area (Å²) >= 11 is 0. The zero-order valence-electron chi connectivity index (χ0n) is 8.82. The van der Waals surface area contributed by atoms with Gasteiger partial charge >= 0.3 is 0 Å². The number of amides is 1. The van der Waals surface area contributed by atoms with E-state index in [1.165, 1.54) is 0 Å². The number of methoxy groups -OCH3 is 1. The molecule has 0 bridgehead atoms. The molecular weight excluding hydrogens is 192 g/mol. The number of carbonyl (C=O) groups excluding carboxylic acids is 1. The summed E-state index contributed by atoms with van der Waals surface area (Å²) in [6.45, 7) is 0.983. The van der Waals surface area contributed by atoms with E-state index in [1.807, 2.05) is 24.3 Å². The van der Waals surface area contributed by atoms with Crippen molar-refractivity contribution in [3.63, 3.8) is 0 Å². The molecule has 4 heteroatoms. The van der Waals surface area contributed by atoms with Crippen molar-refractivity contribution in [2.75, 3.05) is 19.5 Å². The fourth-order valence-corrected chi connectivity index (χ4v) is 1.12. The van der Waals surface area contributed by atoms with E-state index in [-0.39, 0.29) is 5.91 Å². The Kier molecular flexibility index (Phi) is 4.63. The lowest BCUT2D eigenvalue weighted by molar-refractivity contribution is -0.122. The Bertz CT molecular complexity index is 309. The Hall–Kier alpha value is -1.55. The number of nitrogens with one attached hydrogen (secondary N) is 1. The van der Waals surface area contributed by atoms with Gasteiger partial charge in [-0.1, -0.05) is 12.1 Å². The summed E-state index contributed by atoms with van der Waals surface area (Å²) in [7, 11) is 1.58. The third kappa shape index (κ3) is 4.46. The van der Waals surface area contributed by atoms with E-state index in [2.05, 4.69) is 5.32 Å². The van der Waals surface area contributed by atoms with Crippen LogP contribution in [0.15, 0.2) is 24.3 Å². The first kappa shape index (κ1) is 11.5. The molecule has 0 aliphatic rings. The smallest absolute Gasteiger partial charge is 0.222 e. The number of hydrogen-bond acceptors (Lipinski definition) is 3. The maximum atomic E-state index is 11.2. The molecule has 0 unspecified atom stereocenters. The number of benzene rings is 1. The van der Waals surface area contributed by atoms with Crippen LogP contribution >= 0.6 is 0 Å². The average Bonchev–Trinajstić information content (AvgIpc) is 2.25. The summed E-state index contributed by atoms with van der Waals surface area (Å²) in [5.41, 5.74) is 7.31. The number of ether oxygens (including phenoxy) is 1. The van der Waals surface area contributed by atoms with Gasteiger partial charge in [0, 0.05) is 25.8 Å². The number of nitrogen functional groups attached to an aromatic ring is 1. The molecule has 1 aromatic carbocycles. The van der Waals surface area contributed by atoms with Crippen LogP contribution in [0.5, 0.6) is 0 Å². The Morgan fingerprint density at radius 1 is 1.40 bits per heavy atom. The SMILES string of the molecule is COCCC(=O)NCc1ccc(N)cc1. The van der Waals surface area contributed by atoms with E-state index in [0.29, 0.717) is 19.6 Å². The summed E-state index contributed by atoms with van der Waals surface area (Å²) in [5, 5.41) is 2.79. The average molecular weight is 208 g/mol. The van der Waals surface area contributed by atoms with E-state index in [0.717, 1.165) is 11.3 Å². The monoisotopic (exact) mass is 208 g/mol. The molecule has 0 aliphatic carbocycles. The van der Waals surface area contributed by atoms with Gasteiger partial charge in [0.15, 0.2) is 0 Å². The van der Waals surface area contributed by atoms with Gasteiger partial charge in [0.1, 0.15) is 0 Å². The molecule has 0 atom stereocenters. The van der Waals surface area contributed by atoms with Crippen molar-refractivity contribution in [1.29, 1.82) is 0 Å². The van der Waals surface area contributed by atoms with Crippen molar-refractivity contribution in [3.05, 3.63) is 29.8 Å². The molecular formula is C11H16N2O2. The van der Waals surface area contributed by atoms with Gasteiger partial charge < -0.3 is 15.8 Å². The third-order valence-corrected chi connectivity index (χ3v) is 2.00. The number of hydrogen-bond donors (Lipinski definition) is 2. The van der Waals surface area contributed by atoms with Crippen LogP contribution in [0.2, 0.25) is 0 Å². The first-order chi connectivity index (χ1) is 7.22. The van der Waals surface area contributed by atoms with Gasteiger partial charge in [-0.2, -0.15) is 0 Å². The van der Waals surface area contributed by atoms with E-state index in [4.69, 9.17) is 10.5 Å². The second kappa shape index (κ2) is 6.03. The Morgan fingerprint density at radius 2 is 2.07 bits per heavy atom. The van der Waals surface area contributed by atoms with Gasteiger partial charge in [0.05, 0.1) is 6.61 Å². The third-order valence-electron chi connectivity index (χ3n) is 2.00. The van der Waals surface area contributed by atoms with Crippen molar-refractivity contribution in [1.82, 2.24) is 5.32 Å². The number of rotatable bonds is 5. The molecule has 1 rings (SSSR count). The van der Waals surface area contributed by atoms with Crippen LogP contribution in [0.4, 0.5) is 5.69 Å². The highest BCUT2D eigenvalue weighted by Crippen LogP contribution is 2.04. The molecule has 0 aromatic heterocycles. The maximum absolute atomic E-state index is 11.2. The second-order valence-corrected chi connectivity index (χ2v) is 3.26. The minimum absolute atomic E-state index is 0.00586. The molecule has 3 N–H and O–H groups in total. The van der Waals surface area contributed by atoms with Crippen molar-refractivity contribution in [2.24, 2.45) is 0 Å². The van der Waals surface area contributed by atoms with Crippen LogP contribution in [0.1, 0.15) is 12.0 Å². The van der Waals surface area contributed by atoms with Gasteiger partial charge in [-0.15, -0.1) is 0 Å². The van der Waals surface area contributed by atoms with Crippen molar-refractivity contribution >= 4 is 11.6 Å². The predicted octanol–water partition coefficient (Wildman–Crippen LogP) is 0.921. The molecule has 82 valence electrons. The number of carbonyl (C=O) groups is 1. The fraction of sp³-hybridized carbons (Fsp3) is 0.364. The van der Waals surface area contributed by atoms with Crippen LogP contribution in [0.25, 0.3) is 0 Å². The van der Waals surface area contributed by atoms with Gasteiger partial charge in [0.25, 0.3) is 0 Å². The number of anilines is 1. The fourth-order valence-electron chi connectivity index (χ4n) is 1.12. The molecule has 0 fully saturated rings. The van der Waals surface area contributed by atoms with Crippen LogP contribution in [0.3, 0.4) is 0 Å². The molecule has 0 spiro atoms. The van der Waals surface area contributed by atoms with E-state index in [1.54, 1.807) is 7.11 Å². The molecule has 0 heterocycles. The van der Waals surface area contributed by atoms with E-state index >= 15 is 0 Å². The van der Waals surface area contributed by atoms with Crippen LogP contribution < -0.4 is 11.1 Å². The van der Waals surface area contributed by atoms with Gasteiger partial charge in [0.2, 0.25) is 5.91 Å². The zero-order chi connectivity index (χ0) is 11.1. The number of nitrogens with two attached hydrogens (primary N) is 1. The van der Waals surface area contributed by atoms with Crippen molar-refractivity contribution in [3.8, 4) is 0 Å².